The molecule has 1 aromatic heterocycles. The second-order valence-corrected chi connectivity index (χ2v) is 9.30. The SMILES string of the molecule is CCc1nc(-c2ccc(N(C)C)cc2Cl)c(=O)n(CC)c1NC1c2ccccc2C[C@@H]1OC(C)=O. The first kappa shape index (κ1) is 24.8. The van der Waals surface area contributed by atoms with Crippen molar-refractivity contribution in [2.75, 3.05) is 24.3 Å². The molecule has 0 amide bonds. The predicted octanol–water partition coefficient (Wildman–Crippen LogP) is 4.85. The molecule has 184 valence electrons. The van der Waals surface area contributed by atoms with Gasteiger partial charge in [-0.3, -0.25) is 14.2 Å². The van der Waals surface area contributed by atoms with Gasteiger partial charge in [-0.2, -0.15) is 0 Å². The van der Waals surface area contributed by atoms with Crippen LogP contribution >= 0.6 is 11.6 Å². The van der Waals surface area contributed by atoms with Crippen molar-refractivity contribution in [3.05, 3.63) is 74.7 Å². The number of esters is 1. The minimum Gasteiger partial charge on any atom is -0.460 e. The van der Waals surface area contributed by atoms with Crippen molar-refractivity contribution in [3.63, 3.8) is 0 Å². The summed E-state index contributed by atoms with van der Waals surface area (Å²) in [6.07, 6.45) is 0.850. The lowest BCUT2D eigenvalue weighted by Gasteiger charge is -2.26. The summed E-state index contributed by atoms with van der Waals surface area (Å²) in [5.74, 6) is 0.311. The van der Waals surface area contributed by atoms with Gasteiger partial charge in [-0.25, -0.2) is 4.98 Å². The zero-order chi connectivity index (χ0) is 25.3. The molecule has 1 aliphatic carbocycles. The van der Waals surface area contributed by atoms with E-state index in [4.69, 9.17) is 21.3 Å². The van der Waals surface area contributed by atoms with Gasteiger partial charge in [0.05, 0.1) is 16.8 Å². The van der Waals surface area contributed by atoms with Crippen LogP contribution in [0, 0.1) is 0 Å². The van der Waals surface area contributed by atoms with Crippen LogP contribution in [0.15, 0.2) is 47.3 Å². The third-order valence-corrected chi connectivity index (χ3v) is 6.72. The van der Waals surface area contributed by atoms with E-state index in [-0.39, 0.29) is 23.7 Å². The lowest BCUT2D eigenvalue weighted by molar-refractivity contribution is -0.146. The highest BCUT2D eigenvalue weighted by Gasteiger charge is 2.36. The number of rotatable bonds is 7. The van der Waals surface area contributed by atoms with Gasteiger partial charge in [-0.1, -0.05) is 42.8 Å². The van der Waals surface area contributed by atoms with Crippen LogP contribution in [-0.4, -0.2) is 35.7 Å². The summed E-state index contributed by atoms with van der Waals surface area (Å²) in [5.41, 5.74) is 4.59. The molecule has 7 nitrogen and oxygen atoms in total. The summed E-state index contributed by atoms with van der Waals surface area (Å²) in [5, 5.41) is 4.01. The number of carbonyl (C=O) groups is 1. The largest absolute Gasteiger partial charge is 0.460 e. The molecule has 0 radical (unpaired) electrons. The summed E-state index contributed by atoms with van der Waals surface area (Å²) in [7, 11) is 3.88. The smallest absolute Gasteiger partial charge is 0.302 e. The quantitative estimate of drug-likeness (QED) is 0.473. The summed E-state index contributed by atoms with van der Waals surface area (Å²) in [4.78, 5) is 32.2. The normalized spacial score (nSPS) is 16.6. The number of nitrogens with zero attached hydrogens (tertiary/aromatic N) is 3. The first-order valence-electron chi connectivity index (χ1n) is 11.9. The first-order chi connectivity index (χ1) is 16.7. The van der Waals surface area contributed by atoms with Crippen LogP contribution in [0.3, 0.4) is 0 Å². The van der Waals surface area contributed by atoms with E-state index in [2.05, 4.69) is 5.32 Å². The van der Waals surface area contributed by atoms with Crippen LogP contribution < -0.4 is 15.8 Å². The second kappa shape index (κ2) is 10.1. The topological polar surface area (TPSA) is 76.5 Å². The van der Waals surface area contributed by atoms with Crippen LogP contribution in [0.4, 0.5) is 11.5 Å². The van der Waals surface area contributed by atoms with E-state index in [1.807, 2.05) is 75.3 Å². The number of halogens is 1. The van der Waals surface area contributed by atoms with Crippen LogP contribution in [-0.2, 0) is 28.9 Å². The van der Waals surface area contributed by atoms with Crippen molar-refractivity contribution in [3.8, 4) is 11.3 Å². The van der Waals surface area contributed by atoms with Gasteiger partial charge in [0.15, 0.2) is 0 Å². The molecular formula is C27H31ClN4O3. The molecule has 0 saturated heterocycles. The Morgan fingerprint density at radius 3 is 2.60 bits per heavy atom. The van der Waals surface area contributed by atoms with Gasteiger partial charge < -0.3 is 15.0 Å². The molecule has 1 N–H and O–H groups in total. The fraction of sp³-hybridized carbons (Fsp3) is 0.370. The fourth-order valence-corrected chi connectivity index (χ4v) is 4.94. The van der Waals surface area contributed by atoms with E-state index in [1.165, 1.54) is 6.92 Å². The number of fused-ring (bicyclic) bond motifs is 1. The van der Waals surface area contributed by atoms with E-state index in [1.54, 1.807) is 4.57 Å². The molecule has 0 spiro atoms. The monoisotopic (exact) mass is 494 g/mol. The molecular weight excluding hydrogens is 464 g/mol. The standard InChI is InChI=1S/C27H31ClN4O3/c1-6-22-26(30-24-19-11-9-8-10-17(19)14-23(24)35-16(3)33)32(7-2)27(34)25(29-22)20-13-12-18(31(4)5)15-21(20)28/h8-13,15,23-24,30H,6-7,14H2,1-5H3/t23-,24?/m0/s1. The number of aryl methyl sites for hydroxylation is 1. The Labute approximate surface area is 210 Å². The summed E-state index contributed by atoms with van der Waals surface area (Å²) in [6, 6.07) is 13.4. The molecule has 1 unspecified atom stereocenters. The van der Waals surface area contributed by atoms with Crippen LogP contribution in [0.2, 0.25) is 5.02 Å². The first-order valence-corrected chi connectivity index (χ1v) is 12.2. The van der Waals surface area contributed by atoms with Gasteiger partial charge in [0.1, 0.15) is 17.6 Å². The van der Waals surface area contributed by atoms with Crippen LogP contribution in [0.1, 0.15) is 43.6 Å². The Kier molecular flexibility index (Phi) is 7.17. The number of hydrogen-bond acceptors (Lipinski definition) is 6. The molecule has 0 fully saturated rings. The number of carbonyl (C=O) groups excluding carboxylic acids is 1. The average Bonchev–Trinajstić information content (AvgIpc) is 3.16. The van der Waals surface area contributed by atoms with Crippen molar-refractivity contribution in [1.82, 2.24) is 9.55 Å². The van der Waals surface area contributed by atoms with E-state index < -0.39 is 0 Å². The molecule has 0 aliphatic heterocycles. The van der Waals surface area contributed by atoms with E-state index >= 15 is 0 Å². The number of hydrogen-bond donors (Lipinski definition) is 1. The molecule has 3 aromatic rings. The number of aromatic nitrogens is 2. The highest BCUT2D eigenvalue weighted by atomic mass is 35.5. The van der Waals surface area contributed by atoms with Gasteiger partial charge in [0.25, 0.3) is 5.56 Å². The van der Waals surface area contributed by atoms with Gasteiger partial charge >= 0.3 is 5.97 Å². The Balaban J connectivity index is 1.81. The summed E-state index contributed by atoms with van der Waals surface area (Å²) < 4.78 is 7.36. The van der Waals surface area contributed by atoms with Crippen molar-refractivity contribution < 1.29 is 9.53 Å². The Bertz CT molecular complexity index is 1320. The lowest BCUT2D eigenvalue weighted by Crippen LogP contribution is -2.32. The zero-order valence-corrected chi connectivity index (χ0v) is 21.5. The molecule has 35 heavy (non-hydrogen) atoms. The molecule has 1 heterocycles. The summed E-state index contributed by atoms with van der Waals surface area (Å²) in [6.45, 7) is 5.80. The number of ether oxygens (including phenoxy) is 1. The maximum atomic E-state index is 13.6. The minimum absolute atomic E-state index is 0.220. The van der Waals surface area contributed by atoms with Crippen molar-refractivity contribution >= 4 is 29.1 Å². The van der Waals surface area contributed by atoms with Gasteiger partial charge in [0, 0.05) is 45.2 Å². The van der Waals surface area contributed by atoms with E-state index in [0.717, 1.165) is 22.5 Å². The van der Waals surface area contributed by atoms with Crippen LogP contribution in [0.25, 0.3) is 11.3 Å². The number of anilines is 2. The molecule has 2 atom stereocenters. The molecule has 1 aliphatic rings. The van der Waals surface area contributed by atoms with Crippen LogP contribution in [0.5, 0.6) is 0 Å². The van der Waals surface area contributed by atoms with E-state index in [9.17, 15) is 9.59 Å². The molecule has 4 rings (SSSR count). The minimum atomic E-state index is -0.372. The van der Waals surface area contributed by atoms with E-state index in [0.29, 0.717) is 41.5 Å². The van der Waals surface area contributed by atoms with Crippen molar-refractivity contribution in [1.29, 1.82) is 0 Å². The second-order valence-electron chi connectivity index (χ2n) is 8.89. The zero-order valence-electron chi connectivity index (χ0n) is 20.8. The Hall–Kier alpha value is -3.32. The third-order valence-electron chi connectivity index (χ3n) is 6.41. The Morgan fingerprint density at radius 1 is 1.23 bits per heavy atom. The number of nitrogens with one attached hydrogen (secondary N) is 1. The fourth-order valence-electron chi connectivity index (χ4n) is 4.68. The van der Waals surface area contributed by atoms with Crippen molar-refractivity contribution in [2.24, 2.45) is 0 Å². The lowest BCUT2D eigenvalue weighted by atomic mass is 10.1. The number of benzene rings is 2. The Morgan fingerprint density at radius 2 is 1.97 bits per heavy atom. The highest BCUT2D eigenvalue weighted by molar-refractivity contribution is 6.33. The molecule has 0 bridgehead atoms. The highest BCUT2D eigenvalue weighted by Crippen LogP contribution is 2.37. The average molecular weight is 495 g/mol. The maximum Gasteiger partial charge on any atom is 0.302 e. The van der Waals surface area contributed by atoms with Gasteiger partial charge in [-0.05, 0) is 42.7 Å². The van der Waals surface area contributed by atoms with Gasteiger partial charge in [-0.15, -0.1) is 0 Å². The maximum absolute atomic E-state index is 13.6. The molecule has 0 saturated carbocycles. The van der Waals surface area contributed by atoms with Crippen molar-refractivity contribution in [2.45, 2.75) is 52.3 Å². The third kappa shape index (κ3) is 4.78. The predicted molar refractivity (Wildman–Crippen MR) is 140 cm³/mol. The van der Waals surface area contributed by atoms with Gasteiger partial charge in [0.2, 0.25) is 0 Å². The molecule has 8 heteroatoms. The summed E-state index contributed by atoms with van der Waals surface area (Å²) >= 11 is 6.59. The molecule has 2 aromatic carbocycles.